The van der Waals surface area contributed by atoms with Gasteiger partial charge in [-0.15, -0.1) is 0 Å². The fraction of sp³-hybridized carbons (Fsp3) is 0.357. The average Bonchev–Trinajstić information content (AvgIpc) is 2.80. The molecule has 160 valence electrons. The fourth-order valence-corrected chi connectivity index (χ4v) is 8.78. The third-order valence-corrected chi connectivity index (χ3v) is 10.5. The Morgan fingerprint density at radius 2 is 0.800 bits per heavy atom. The van der Waals surface area contributed by atoms with E-state index in [4.69, 9.17) is 0 Å². The van der Waals surface area contributed by atoms with Crippen molar-refractivity contribution in [2.45, 2.75) is 58.3 Å². The number of unbranched alkanes of at least 4 members (excludes halogenated alkanes) is 7. The molecule has 0 bridgehead atoms. The van der Waals surface area contributed by atoms with Crippen molar-refractivity contribution in [3.05, 3.63) is 91.0 Å². The number of benzene rings is 3. The second-order valence-corrected chi connectivity index (χ2v) is 11.6. The molecule has 0 aromatic heterocycles. The molecule has 0 fully saturated rings. The van der Waals surface area contributed by atoms with Crippen LogP contribution in [0.4, 0.5) is 0 Å². The Morgan fingerprint density at radius 3 is 1.17 bits per heavy atom. The van der Waals surface area contributed by atoms with Crippen LogP contribution in [0.5, 0.6) is 0 Å². The molecule has 0 unspecified atom stereocenters. The number of hydrogen-bond donors (Lipinski definition) is 0. The molecule has 0 atom stereocenters. The molecule has 0 saturated carbocycles. The zero-order valence-corrected chi connectivity index (χ0v) is 21.4. The summed E-state index contributed by atoms with van der Waals surface area (Å²) in [5, 5.41) is 4.54. The first kappa shape index (κ1) is 25.1. The van der Waals surface area contributed by atoms with Crippen LogP contribution in [0, 0.1) is 0 Å². The molecule has 0 amide bonds. The summed E-state index contributed by atoms with van der Waals surface area (Å²) in [6.45, 7) is 2.29. The van der Waals surface area contributed by atoms with Crippen molar-refractivity contribution in [3.63, 3.8) is 0 Å². The van der Waals surface area contributed by atoms with Gasteiger partial charge in [0, 0.05) is 0 Å². The van der Waals surface area contributed by atoms with Gasteiger partial charge in [-0.05, 0) is 49.2 Å². The van der Waals surface area contributed by atoms with Crippen LogP contribution in [0.15, 0.2) is 91.0 Å². The van der Waals surface area contributed by atoms with Crippen molar-refractivity contribution >= 4 is 23.2 Å². The molecule has 0 saturated heterocycles. The van der Waals surface area contributed by atoms with Gasteiger partial charge in [-0.3, -0.25) is 0 Å². The molecule has 0 spiro atoms. The third kappa shape index (κ3) is 6.66. The minimum atomic E-state index is -1.62. The maximum Gasteiger partial charge on any atom is 0.112 e. The molecule has 0 aliphatic rings. The smallest absolute Gasteiger partial charge is 0.112 e. The Morgan fingerprint density at radius 1 is 0.467 bits per heavy atom. The highest BCUT2D eigenvalue weighted by atomic mass is 127. The van der Waals surface area contributed by atoms with E-state index in [1.54, 1.807) is 0 Å². The Hall–Kier alpha value is -1.18. The van der Waals surface area contributed by atoms with E-state index < -0.39 is 7.26 Å². The second kappa shape index (κ2) is 14.0. The summed E-state index contributed by atoms with van der Waals surface area (Å²) in [5.41, 5.74) is 0. The van der Waals surface area contributed by atoms with E-state index >= 15 is 0 Å². The number of hydrogen-bond acceptors (Lipinski definition) is 0. The Balaban J connectivity index is 0.00000320. The summed E-state index contributed by atoms with van der Waals surface area (Å²) in [4.78, 5) is 0. The topological polar surface area (TPSA) is 0 Å². The monoisotopic (exact) mass is 530 g/mol. The Bertz CT molecular complexity index is 705. The molecule has 0 heterocycles. The molecular formula is C28H36IP. The minimum Gasteiger partial charge on any atom is -1.00 e. The molecule has 3 rings (SSSR count). The number of halogens is 1. The van der Waals surface area contributed by atoms with Crippen LogP contribution in [0.25, 0.3) is 0 Å². The quantitative estimate of drug-likeness (QED) is 0.188. The predicted octanol–water partition coefficient (Wildman–Crippen LogP) is 4.13. The summed E-state index contributed by atoms with van der Waals surface area (Å²) >= 11 is 0. The summed E-state index contributed by atoms with van der Waals surface area (Å²) in [5.74, 6) is 0. The van der Waals surface area contributed by atoms with Gasteiger partial charge in [-0.1, -0.05) is 100 Å². The van der Waals surface area contributed by atoms with Crippen LogP contribution < -0.4 is 39.9 Å². The highest BCUT2D eigenvalue weighted by Gasteiger charge is 2.44. The van der Waals surface area contributed by atoms with Crippen LogP contribution >= 0.6 is 7.26 Å². The molecule has 3 aromatic rings. The first-order chi connectivity index (χ1) is 14.4. The molecule has 0 radical (unpaired) electrons. The van der Waals surface area contributed by atoms with Gasteiger partial charge in [0.1, 0.15) is 23.2 Å². The highest BCUT2D eigenvalue weighted by molar-refractivity contribution is 7.95. The zero-order chi connectivity index (χ0) is 20.2. The van der Waals surface area contributed by atoms with E-state index in [2.05, 4.69) is 97.9 Å². The molecule has 0 nitrogen and oxygen atoms in total. The molecule has 0 aliphatic heterocycles. The van der Waals surface area contributed by atoms with Gasteiger partial charge in [-0.25, -0.2) is 0 Å². The fourth-order valence-electron chi connectivity index (χ4n) is 4.36. The number of rotatable bonds is 12. The maximum absolute atomic E-state index is 2.36. The Labute approximate surface area is 201 Å². The van der Waals surface area contributed by atoms with Crippen LogP contribution in [0.3, 0.4) is 0 Å². The van der Waals surface area contributed by atoms with Crippen molar-refractivity contribution in [2.75, 3.05) is 6.16 Å². The lowest BCUT2D eigenvalue weighted by atomic mass is 10.1. The van der Waals surface area contributed by atoms with E-state index in [1.807, 2.05) is 0 Å². The van der Waals surface area contributed by atoms with E-state index in [0.717, 1.165) is 0 Å². The van der Waals surface area contributed by atoms with Gasteiger partial charge >= 0.3 is 0 Å². The van der Waals surface area contributed by atoms with E-state index in [0.29, 0.717) is 0 Å². The van der Waals surface area contributed by atoms with Gasteiger partial charge < -0.3 is 24.0 Å². The van der Waals surface area contributed by atoms with Crippen LogP contribution in [-0.4, -0.2) is 6.16 Å². The van der Waals surface area contributed by atoms with Crippen LogP contribution in [0.1, 0.15) is 58.3 Å². The van der Waals surface area contributed by atoms with Gasteiger partial charge in [0.25, 0.3) is 0 Å². The average molecular weight is 530 g/mol. The second-order valence-electron chi connectivity index (χ2n) is 8.01. The lowest BCUT2D eigenvalue weighted by Crippen LogP contribution is -3.00. The highest BCUT2D eigenvalue weighted by Crippen LogP contribution is 2.55. The van der Waals surface area contributed by atoms with Gasteiger partial charge in [0.2, 0.25) is 0 Å². The normalized spacial score (nSPS) is 11.1. The van der Waals surface area contributed by atoms with Crippen molar-refractivity contribution < 1.29 is 24.0 Å². The van der Waals surface area contributed by atoms with Gasteiger partial charge in [0.05, 0.1) is 6.16 Å². The molecular weight excluding hydrogens is 494 g/mol. The zero-order valence-electron chi connectivity index (χ0n) is 18.3. The summed E-state index contributed by atoms with van der Waals surface area (Å²) in [6.07, 6.45) is 12.2. The largest absolute Gasteiger partial charge is 1.00 e. The summed E-state index contributed by atoms with van der Waals surface area (Å²) in [6, 6.07) is 33.9. The third-order valence-electron chi connectivity index (χ3n) is 5.94. The molecule has 0 aliphatic carbocycles. The first-order valence-electron chi connectivity index (χ1n) is 11.4. The SMILES string of the molecule is CCCCCCCCCC[P+](c1ccccc1)(c1ccccc1)c1ccccc1.[I-]. The van der Waals surface area contributed by atoms with Crippen molar-refractivity contribution in [2.24, 2.45) is 0 Å². The van der Waals surface area contributed by atoms with E-state index in [1.165, 1.54) is 73.4 Å². The lowest BCUT2D eigenvalue weighted by molar-refractivity contribution is -0.00000587. The van der Waals surface area contributed by atoms with Crippen LogP contribution in [0.2, 0.25) is 0 Å². The van der Waals surface area contributed by atoms with Crippen molar-refractivity contribution in [3.8, 4) is 0 Å². The maximum atomic E-state index is 2.36. The standard InChI is InChI=1S/C28H36P.HI/c1-2-3-4-5-6-7-8-18-25-29(26-19-12-9-13-20-26,27-21-14-10-15-22-27)28-23-16-11-17-24-28;/h9-17,19-24H,2-8,18,25H2,1H3;1H/q+1;/p-1. The van der Waals surface area contributed by atoms with Gasteiger partial charge in [0.15, 0.2) is 0 Å². The first-order valence-corrected chi connectivity index (χ1v) is 13.4. The Kier molecular flexibility index (Phi) is 11.7. The molecule has 30 heavy (non-hydrogen) atoms. The lowest BCUT2D eigenvalue weighted by Gasteiger charge is -2.27. The van der Waals surface area contributed by atoms with E-state index in [-0.39, 0.29) is 24.0 Å². The minimum absolute atomic E-state index is 0. The summed E-state index contributed by atoms with van der Waals surface area (Å²) in [7, 11) is -1.62. The molecule has 2 heteroatoms. The molecule has 0 N–H and O–H groups in total. The summed E-state index contributed by atoms with van der Waals surface area (Å²) < 4.78 is 0. The molecule has 3 aromatic carbocycles. The van der Waals surface area contributed by atoms with Crippen molar-refractivity contribution in [1.29, 1.82) is 0 Å². The van der Waals surface area contributed by atoms with Gasteiger partial charge in [-0.2, -0.15) is 0 Å². The predicted molar refractivity (Wildman–Crippen MR) is 133 cm³/mol. The van der Waals surface area contributed by atoms with Crippen LogP contribution in [-0.2, 0) is 0 Å². The van der Waals surface area contributed by atoms with E-state index in [9.17, 15) is 0 Å². The van der Waals surface area contributed by atoms with Crippen molar-refractivity contribution in [1.82, 2.24) is 0 Å².